The molecule has 3 heterocycles. The first-order valence-electron chi connectivity index (χ1n) is 12.0. The largest absolute Gasteiger partial charge is 0.378 e. The van der Waals surface area contributed by atoms with E-state index in [9.17, 15) is 14.9 Å². The van der Waals surface area contributed by atoms with Crippen LogP contribution in [0, 0.1) is 30.1 Å². The van der Waals surface area contributed by atoms with E-state index in [1.807, 2.05) is 30.0 Å². The molecule has 5 rings (SSSR count). The van der Waals surface area contributed by atoms with Gasteiger partial charge in [0.05, 0.1) is 31.6 Å². The average molecular weight is 453 g/mol. The minimum absolute atomic E-state index is 0.0306. The third kappa shape index (κ3) is 4.43. The number of hydrogen-bond acceptors (Lipinski definition) is 7. The maximum Gasteiger partial charge on any atom is 0.254 e. The third-order valence-electron chi connectivity index (χ3n) is 7.36. The Kier molecular flexibility index (Phi) is 6.23. The van der Waals surface area contributed by atoms with Crippen LogP contribution in [0.3, 0.4) is 0 Å². The molecule has 1 aromatic carbocycles. The fourth-order valence-electron chi connectivity index (χ4n) is 5.48. The maximum absolute atomic E-state index is 12.9. The molecule has 1 aromatic rings. The molecule has 9 heteroatoms. The van der Waals surface area contributed by atoms with Crippen molar-refractivity contribution in [2.75, 3.05) is 38.2 Å². The zero-order chi connectivity index (χ0) is 22.9. The summed E-state index contributed by atoms with van der Waals surface area (Å²) >= 11 is 0. The standard InChI is InChI=1S/C24H32N6O3/c1-15-14-17(4-5-18(15)24(32)29-10-12-33-13-11-29)27-22-21-20(7-9-26-23(21)31)30(28-22)19(6-8-25)16-2-3-16/h4-5,14,16,19-22,27-28H,2-3,6-7,9-13H2,1H3,(H,26,31)/t19-,20?,21?,22?/m0/s1. The molecular weight excluding hydrogens is 420 g/mol. The highest BCUT2D eigenvalue weighted by Gasteiger charge is 2.51. The topological polar surface area (TPSA) is 110 Å². The number of amides is 2. The Bertz CT molecular complexity index is 952. The number of piperidine rings is 1. The van der Waals surface area contributed by atoms with Crippen molar-refractivity contribution in [2.24, 2.45) is 11.8 Å². The van der Waals surface area contributed by atoms with Gasteiger partial charge in [-0.25, -0.2) is 10.4 Å². The van der Waals surface area contributed by atoms with Crippen LogP contribution in [0.25, 0.3) is 0 Å². The van der Waals surface area contributed by atoms with Crippen LogP contribution in [0.1, 0.15) is 41.6 Å². The van der Waals surface area contributed by atoms with E-state index in [0.29, 0.717) is 50.8 Å². The summed E-state index contributed by atoms with van der Waals surface area (Å²) in [5.41, 5.74) is 6.01. The monoisotopic (exact) mass is 452 g/mol. The number of hydrazine groups is 1. The SMILES string of the molecule is Cc1cc(NC2NN([C@@H](CC#N)C3CC3)C3CCNC(=O)C23)ccc1C(=O)N1CCOCC1. The second-order valence-electron chi connectivity index (χ2n) is 9.53. The van der Waals surface area contributed by atoms with Gasteiger partial charge < -0.3 is 20.3 Å². The number of rotatable bonds is 6. The molecule has 3 aliphatic heterocycles. The smallest absolute Gasteiger partial charge is 0.254 e. The number of nitrogens with one attached hydrogen (secondary N) is 3. The Balaban J connectivity index is 1.33. The van der Waals surface area contributed by atoms with E-state index in [1.54, 1.807) is 0 Å². The average Bonchev–Trinajstić information content (AvgIpc) is 3.60. The van der Waals surface area contributed by atoms with Crippen LogP contribution in [-0.4, -0.2) is 72.8 Å². The van der Waals surface area contributed by atoms with Crippen molar-refractivity contribution >= 4 is 17.5 Å². The minimum Gasteiger partial charge on any atom is -0.378 e. The predicted octanol–water partition coefficient (Wildman–Crippen LogP) is 1.22. The molecule has 4 fully saturated rings. The number of ether oxygens (including phenoxy) is 1. The number of fused-ring (bicyclic) bond motifs is 1. The van der Waals surface area contributed by atoms with Crippen molar-refractivity contribution in [1.82, 2.24) is 20.7 Å². The number of benzene rings is 1. The van der Waals surface area contributed by atoms with Crippen molar-refractivity contribution in [1.29, 1.82) is 5.26 Å². The normalized spacial score (nSPS) is 28.5. The van der Waals surface area contributed by atoms with Gasteiger partial charge in [0, 0.05) is 43.0 Å². The molecule has 0 bridgehead atoms. The molecule has 0 radical (unpaired) electrons. The molecule has 2 amide bonds. The molecule has 176 valence electrons. The summed E-state index contributed by atoms with van der Waals surface area (Å²) in [7, 11) is 0. The molecule has 4 atom stereocenters. The van der Waals surface area contributed by atoms with E-state index in [0.717, 1.165) is 30.5 Å². The number of anilines is 1. The van der Waals surface area contributed by atoms with Crippen LogP contribution in [0.2, 0.25) is 0 Å². The van der Waals surface area contributed by atoms with E-state index < -0.39 is 0 Å². The second kappa shape index (κ2) is 9.29. The van der Waals surface area contributed by atoms with Crippen LogP contribution in [0.15, 0.2) is 18.2 Å². The Labute approximate surface area is 194 Å². The first-order valence-corrected chi connectivity index (χ1v) is 12.0. The number of nitrogens with zero attached hydrogens (tertiary/aromatic N) is 3. The summed E-state index contributed by atoms with van der Waals surface area (Å²) in [5.74, 6) is 0.354. The van der Waals surface area contributed by atoms with Gasteiger partial charge in [0.2, 0.25) is 5.91 Å². The van der Waals surface area contributed by atoms with Gasteiger partial charge in [-0.3, -0.25) is 9.59 Å². The summed E-state index contributed by atoms with van der Waals surface area (Å²) in [6.07, 6.45) is 3.35. The fourth-order valence-corrected chi connectivity index (χ4v) is 5.48. The summed E-state index contributed by atoms with van der Waals surface area (Å²) in [5, 5.41) is 18.1. The third-order valence-corrected chi connectivity index (χ3v) is 7.36. The van der Waals surface area contributed by atoms with E-state index in [1.165, 1.54) is 0 Å². The molecule has 0 aromatic heterocycles. The van der Waals surface area contributed by atoms with Gasteiger partial charge in [-0.15, -0.1) is 0 Å². The lowest BCUT2D eigenvalue weighted by Gasteiger charge is -2.34. The van der Waals surface area contributed by atoms with Gasteiger partial charge in [0.1, 0.15) is 6.17 Å². The molecule has 4 aliphatic rings. The van der Waals surface area contributed by atoms with E-state index >= 15 is 0 Å². The van der Waals surface area contributed by atoms with Gasteiger partial charge in [0.15, 0.2) is 0 Å². The summed E-state index contributed by atoms with van der Waals surface area (Å²) in [6, 6.07) is 8.29. The van der Waals surface area contributed by atoms with E-state index in [2.05, 4.69) is 27.1 Å². The zero-order valence-corrected chi connectivity index (χ0v) is 19.0. The Hall–Kier alpha value is -2.67. The molecule has 9 nitrogen and oxygen atoms in total. The zero-order valence-electron chi connectivity index (χ0n) is 19.0. The molecular formula is C24H32N6O3. The molecule has 3 saturated heterocycles. The number of hydrogen-bond donors (Lipinski definition) is 3. The van der Waals surface area contributed by atoms with Crippen molar-refractivity contribution < 1.29 is 14.3 Å². The highest BCUT2D eigenvalue weighted by atomic mass is 16.5. The molecule has 3 N–H and O–H groups in total. The lowest BCUT2D eigenvalue weighted by Crippen LogP contribution is -2.52. The van der Waals surface area contributed by atoms with Crippen LogP contribution < -0.4 is 16.1 Å². The van der Waals surface area contributed by atoms with Crippen LogP contribution in [0.4, 0.5) is 5.69 Å². The van der Waals surface area contributed by atoms with Gasteiger partial charge in [-0.1, -0.05) is 0 Å². The summed E-state index contributed by atoms with van der Waals surface area (Å²) in [6.45, 7) is 4.98. The summed E-state index contributed by atoms with van der Waals surface area (Å²) in [4.78, 5) is 27.6. The van der Waals surface area contributed by atoms with Crippen molar-refractivity contribution in [3.8, 4) is 6.07 Å². The van der Waals surface area contributed by atoms with Gasteiger partial charge in [-0.2, -0.15) is 5.26 Å². The van der Waals surface area contributed by atoms with Crippen LogP contribution in [-0.2, 0) is 9.53 Å². The number of nitriles is 1. The Morgan fingerprint density at radius 3 is 2.79 bits per heavy atom. The van der Waals surface area contributed by atoms with Crippen LogP contribution >= 0.6 is 0 Å². The molecule has 0 spiro atoms. The number of aryl methyl sites for hydroxylation is 1. The quantitative estimate of drug-likeness (QED) is 0.595. The highest BCUT2D eigenvalue weighted by molar-refractivity contribution is 5.96. The fraction of sp³-hybridized carbons (Fsp3) is 0.625. The molecule has 1 aliphatic carbocycles. The van der Waals surface area contributed by atoms with Gasteiger partial charge >= 0.3 is 0 Å². The van der Waals surface area contributed by atoms with Crippen LogP contribution in [0.5, 0.6) is 0 Å². The lowest BCUT2D eigenvalue weighted by atomic mass is 9.90. The lowest BCUT2D eigenvalue weighted by molar-refractivity contribution is -0.128. The van der Waals surface area contributed by atoms with E-state index in [-0.39, 0.29) is 36.0 Å². The van der Waals surface area contributed by atoms with Gasteiger partial charge in [0.25, 0.3) is 5.91 Å². The summed E-state index contributed by atoms with van der Waals surface area (Å²) < 4.78 is 5.36. The maximum atomic E-state index is 12.9. The van der Waals surface area contributed by atoms with Crippen molar-refractivity contribution in [3.05, 3.63) is 29.3 Å². The number of carbonyl (C=O) groups excluding carboxylic acids is 2. The van der Waals surface area contributed by atoms with E-state index in [4.69, 9.17) is 4.74 Å². The Morgan fingerprint density at radius 2 is 2.09 bits per heavy atom. The number of morpholine rings is 1. The van der Waals surface area contributed by atoms with Crippen molar-refractivity contribution in [3.63, 3.8) is 0 Å². The molecule has 33 heavy (non-hydrogen) atoms. The van der Waals surface area contributed by atoms with Crippen molar-refractivity contribution in [2.45, 2.75) is 50.9 Å². The van der Waals surface area contributed by atoms with Gasteiger partial charge in [-0.05, 0) is 55.9 Å². The predicted molar refractivity (Wildman–Crippen MR) is 122 cm³/mol. The second-order valence-corrected chi connectivity index (χ2v) is 9.53. The molecule has 3 unspecified atom stereocenters. The first kappa shape index (κ1) is 22.1. The highest BCUT2D eigenvalue weighted by Crippen LogP contribution is 2.41. The first-order chi connectivity index (χ1) is 16.1. The molecule has 1 saturated carbocycles. The number of carbonyl (C=O) groups is 2. The minimum atomic E-state index is -0.268. The Morgan fingerprint density at radius 1 is 1.30 bits per heavy atom.